The second-order valence-electron chi connectivity index (χ2n) is 8.68. The van der Waals surface area contributed by atoms with Crippen molar-refractivity contribution >= 4 is 35.6 Å². The van der Waals surface area contributed by atoms with Gasteiger partial charge in [0.05, 0.1) is 12.1 Å². The highest BCUT2D eigenvalue weighted by molar-refractivity contribution is 8.03. The van der Waals surface area contributed by atoms with E-state index in [0.29, 0.717) is 43.6 Å². The average molecular weight is 488 g/mol. The van der Waals surface area contributed by atoms with Crippen LogP contribution in [0.4, 0.5) is 4.79 Å². The summed E-state index contributed by atoms with van der Waals surface area (Å²) in [6, 6.07) is -0.350. The van der Waals surface area contributed by atoms with Gasteiger partial charge in [-0.1, -0.05) is 38.3 Å². The van der Waals surface area contributed by atoms with Crippen LogP contribution in [-0.4, -0.2) is 77.3 Å². The summed E-state index contributed by atoms with van der Waals surface area (Å²) < 4.78 is 10.6. The van der Waals surface area contributed by atoms with E-state index in [0.717, 1.165) is 4.91 Å². The van der Waals surface area contributed by atoms with E-state index < -0.39 is 12.1 Å². The van der Waals surface area contributed by atoms with Crippen LogP contribution in [0, 0.1) is 5.92 Å². The minimum atomic E-state index is -0.536. The molecule has 0 aliphatic carbocycles. The number of likely N-dealkylation sites (tertiary alicyclic amines) is 1. The first kappa shape index (κ1) is 24.1. The summed E-state index contributed by atoms with van der Waals surface area (Å²) in [6.07, 6.45) is 5.97. The third-order valence-electron chi connectivity index (χ3n) is 6.50. The summed E-state index contributed by atoms with van der Waals surface area (Å²) in [5.41, 5.74) is 0.965. The summed E-state index contributed by atoms with van der Waals surface area (Å²) in [6.45, 7) is 10.3. The van der Waals surface area contributed by atoms with Gasteiger partial charge in [-0.2, -0.15) is 0 Å². The highest BCUT2D eigenvalue weighted by Gasteiger charge is 2.53. The van der Waals surface area contributed by atoms with Crippen molar-refractivity contribution < 1.29 is 28.7 Å². The normalized spacial score (nSPS) is 29.1. The van der Waals surface area contributed by atoms with Gasteiger partial charge in [-0.05, 0) is 12.8 Å². The molecule has 1 N–H and O–H groups in total. The number of nitrogens with one attached hydrogen (secondary N) is 1. The molecule has 0 saturated carbocycles. The topological polar surface area (TPSA) is 105 Å². The molecule has 34 heavy (non-hydrogen) atoms. The molecule has 0 radical (unpaired) electrons. The molecule has 4 heterocycles. The minimum absolute atomic E-state index is 0.00633. The molecule has 4 aliphatic rings. The smallest absolute Gasteiger partial charge is 0.410 e. The van der Waals surface area contributed by atoms with Crippen LogP contribution in [0.15, 0.2) is 47.6 Å². The van der Waals surface area contributed by atoms with Crippen molar-refractivity contribution in [3.05, 3.63) is 47.6 Å². The van der Waals surface area contributed by atoms with Crippen LogP contribution in [0.3, 0.4) is 0 Å². The molecule has 4 aliphatic heterocycles. The third-order valence-corrected chi connectivity index (χ3v) is 7.99. The predicted octanol–water partition coefficient (Wildman–Crippen LogP) is 2.12. The lowest BCUT2D eigenvalue weighted by Crippen LogP contribution is -2.51. The van der Waals surface area contributed by atoms with Gasteiger partial charge in [0, 0.05) is 41.2 Å². The van der Waals surface area contributed by atoms with Crippen molar-refractivity contribution in [2.45, 2.75) is 43.5 Å². The van der Waals surface area contributed by atoms with Crippen LogP contribution in [-0.2, 0) is 23.9 Å². The average Bonchev–Trinajstić information content (AvgIpc) is 3.46. The fourth-order valence-electron chi connectivity index (χ4n) is 4.81. The maximum absolute atomic E-state index is 12.8. The lowest BCUT2D eigenvalue weighted by molar-refractivity contribution is -0.150. The van der Waals surface area contributed by atoms with Crippen LogP contribution >= 0.6 is 11.8 Å². The Morgan fingerprint density at radius 3 is 2.59 bits per heavy atom. The largest absolute Gasteiger partial charge is 0.457 e. The Balaban J connectivity index is 1.57. The van der Waals surface area contributed by atoms with Gasteiger partial charge in [0.1, 0.15) is 18.9 Å². The predicted molar refractivity (Wildman–Crippen MR) is 126 cm³/mol. The minimum Gasteiger partial charge on any atom is -0.457 e. The molecule has 3 amide bonds. The molecular formula is C24H29N3O6S. The van der Waals surface area contributed by atoms with Crippen LogP contribution in [0.25, 0.3) is 0 Å². The number of ether oxygens (including phenoxy) is 2. The molecular weight excluding hydrogens is 458 g/mol. The Bertz CT molecular complexity index is 989. The van der Waals surface area contributed by atoms with E-state index in [4.69, 9.17) is 9.47 Å². The van der Waals surface area contributed by atoms with Crippen molar-refractivity contribution in [3.8, 4) is 0 Å². The molecule has 3 fully saturated rings. The van der Waals surface area contributed by atoms with Crippen LogP contribution in [0.1, 0.15) is 26.2 Å². The Morgan fingerprint density at radius 1 is 1.21 bits per heavy atom. The number of carbonyl (C=O) groups is 4. The highest BCUT2D eigenvalue weighted by Crippen LogP contribution is 2.49. The van der Waals surface area contributed by atoms with Gasteiger partial charge >= 0.3 is 12.1 Å². The monoisotopic (exact) mass is 487 g/mol. The number of nitrogens with zero attached hydrogens (tertiary/aromatic N) is 2. The summed E-state index contributed by atoms with van der Waals surface area (Å²) in [7, 11) is 0. The van der Waals surface area contributed by atoms with Crippen molar-refractivity contribution in [2.24, 2.45) is 5.92 Å². The van der Waals surface area contributed by atoms with Crippen molar-refractivity contribution in [3.63, 3.8) is 0 Å². The maximum Gasteiger partial charge on any atom is 0.410 e. The summed E-state index contributed by atoms with van der Waals surface area (Å²) in [5.74, 6) is -0.744. The standard InChI is InChI=1S/C24H29N3O6S/c1-4-8-32-23(30)20-21(14(3)18-12-19(28)27(18)20)34-17-11-16(10-15-6-7-25-22(15)29)26(13-17)24(31)33-9-5-2/h4-5,10,14,16-18H,1-2,6-9,11-13H2,3H3,(H,25,29)/t14-,16-,17+,18+/m1/s1. The van der Waals surface area contributed by atoms with Gasteiger partial charge in [-0.3, -0.25) is 9.59 Å². The van der Waals surface area contributed by atoms with Gasteiger partial charge in [0.25, 0.3) is 0 Å². The molecule has 9 nitrogen and oxygen atoms in total. The van der Waals surface area contributed by atoms with E-state index in [9.17, 15) is 19.2 Å². The lowest BCUT2D eigenvalue weighted by Gasteiger charge is -2.37. The second kappa shape index (κ2) is 10.1. The number of carbonyl (C=O) groups excluding carboxylic acids is 4. The van der Waals surface area contributed by atoms with E-state index in [1.807, 2.05) is 13.0 Å². The number of hydrogen-bond acceptors (Lipinski definition) is 7. The fourth-order valence-corrected chi connectivity index (χ4v) is 6.36. The quantitative estimate of drug-likeness (QED) is 0.242. The number of β-lactam (4-membered cyclic amide) rings is 1. The second-order valence-corrected chi connectivity index (χ2v) is 10.0. The molecule has 0 aromatic carbocycles. The van der Waals surface area contributed by atoms with Crippen molar-refractivity contribution in [2.75, 3.05) is 26.3 Å². The first-order valence-corrected chi connectivity index (χ1v) is 12.3. The summed E-state index contributed by atoms with van der Waals surface area (Å²) in [5, 5.41) is 2.74. The van der Waals surface area contributed by atoms with E-state index in [-0.39, 0.29) is 48.3 Å². The SMILES string of the molecule is C=CCOC(=O)C1=C(S[C@H]2C[C@@H](C=C3CCNC3=O)N(C(=O)OCC=C)C2)[C@H](C)[C@@H]2CC(=O)N12. The first-order valence-electron chi connectivity index (χ1n) is 11.4. The molecule has 10 heteroatoms. The molecule has 4 rings (SSSR count). The number of thioether (sulfide) groups is 1. The summed E-state index contributed by atoms with van der Waals surface area (Å²) in [4.78, 5) is 53.9. The van der Waals surface area contributed by atoms with Crippen LogP contribution in [0.5, 0.6) is 0 Å². The Labute approximate surface area is 202 Å². The third kappa shape index (κ3) is 4.51. The zero-order chi connectivity index (χ0) is 24.4. The van der Waals surface area contributed by atoms with E-state index in [1.54, 1.807) is 9.80 Å². The zero-order valence-corrected chi connectivity index (χ0v) is 20.0. The van der Waals surface area contributed by atoms with Gasteiger partial charge in [-0.25, -0.2) is 9.59 Å². The molecule has 4 atom stereocenters. The van der Waals surface area contributed by atoms with Crippen LogP contribution in [0.2, 0.25) is 0 Å². The maximum atomic E-state index is 12.8. The summed E-state index contributed by atoms with van der Waals surface area (Å²) >= 11 is 1.51. The molecule has 182 valence electrons. The van der Waals surface area contributed by atoms with Gasteiger partial charge in [0.2, 0.25) is 11.8 Å². The first-order chi connectivity index (χ1) is 16.3. The highest BCUT2D eigenvalue weighted by atomic mass is 32.2. The van der Waals surface area contributed by atoms with Gasteiger partial charge in [-0.15, -0.1) is 11.8 Å². The zero-order valence-electron chi connectivity index (χ0n) is 19.2. The van der Waals surface area contributed by atoms with Crippen molar-refractivity contribution in [1.29, 1.82) is 0 Å². The molecule has 0 aromatic rings. The number of esters is 1. The van der Waals surface area contributed by atoms with Crippen molar-refractivity contribution in [1.82, 2.24) is 15.1 Å². The lowest BCUT2D eigenvalue weighted by atomic mass is 9.94. The van der Waals surface area contributed by atoms with E-state index >= 15 is 0 Å². The number of fused-ring (bicyclic) bond motifs is 1. The fraction of sp³-hybridized carbons (Fsp3) is 0.500. The van der Waals surface area contributed by atoms with Gasteiger partial charge < -0.3 is 24.6 Å². The van der Waals surface area contributed by atoms with Crippen LogP contribution < -0.4 is 5.32 Å². The number of amides is 3. The number of hydrogen-bond donors (Lipinski definition) is 1. The Kier molecular flexibility index (Phi) is 7.16. The molecule has 0 aromatic heterocycles. The molecule has 0 spiro atoms. The Morgan fingerprint density at radius 2 is 1.94 bits per heavy atom. The Hall–Kier alpha value is -3.01. The molecule has 0 bridgehead atoms. The molecule has 0 unspecified atom stereocenters. The van der Waals surface area contributed by atoms with E-state index in [1.165, 1.54) is 23.9 Å². The number of rotatable bonds is 8. The van der Waals surface area contributed by atoms with Gasteiger partial charge in [0.15, 0.2) is 0 Å². The van der Waals surface area contributed by atoms with E-state index in [2.05, 4.69) is 18.5 Å². The molecule has 3 saturated heterocycles.